The molecule has 25 heavy (non-hydrogen) atoms. The third kappa shape index (κ3) is 5.35. The van der Waals surface area contributed by atoms with Crippen molar-refractivity contribution < 1.29 is 24.2 Å². The van der Waals surface area contributed by atoms with Gasteiger partial charge in [0.25, 0.3) is 0 Å². The van der Waals surface area contributed by atoms with Gasteiger partial charge in [0.2, 0.25) is 6.41 Å². The lowest BCUT2D eigenvalue weighted by Crippen LogP contribution is -2.17. The van der Waals surface area contributed by atoms with Crippen LogP contribution in [-0.2, 0) is 9.53 Å². The highest BCUT2D eigenvalue weighted by Gasteiger charge is 2.13. The number of carboxylic acid groups (broad SMARTS) is 1. The average molecular weight is 344 g/mol. The van der Waals surface area contributed by atoms with Crippen LogP contribution in [0.4, 0.5) is 11.4 Å². The van der Waals surface area contributed by atoms with Crippen LogP contribution >= 0.6 is 0 Å². The van der Waals surface area contributed by atoms with Crippen molar-refractivity contribution in [3.05, 3.63) is 59.7 Å². The van der Waals surface area contributed by atoms with Gasteiger partial charge in [0.15, 0.2) is 0 Å². The number of hydrogen-bond acceptors (Lipinski definition) is 5. The summed E-state index contributed by atoms with van der Waals surface area (Å²) >= 11 is 0. The number of nitrogens with one attached hydrogen (secondary N) is 1. The van der Waals surface area contributed by atoms with Crippen LogP contribution in [0.1, 0.15) is 20.7 Å². The number of anilines is 2. The Labute approximate surface area is 145 Å². The Morgan fingerprint density at radius 3 is 2.12 bits per heavy atom. The van der Waals surface area contributed by atoms with Crippen molar-refractivity contribution in [2.45, 2.75) is 0 Å². The fraction of sp³-hybridized carbons (Fsp3) is 0.167. The number of methoxy groups -OCH3 is 1. The Hall–Kier alpha value is -3.35. The highest BCUT2D eigenvalue weighted by atomic mass is 16.5. The molecule has 0 saturated carbocycles. The van der Waals surface area contributed by atoms with E-state index in [1.165, 1.54) is 12.0 Å². The maximum absolute atomic E-state index is 11.3. The molecule has 0 radical (unpaired) electrons. The van der Waals surface area contributed by atoms with Gasteiger partial charge in [-0.3, -0.25) is 4.79 Å². The fourth-order valence-electron chi connectivity index (χ4n) is 2.01. The van der Waals surface area contributed by atoms with Crippen molar-refractivity contribution in [3.8, 4) is 0 Å². The highest BCUT2D eigenvalue weighted by molar-refractivity contribution is 5.98. The molecule has 0 heterocycles. The largest absolute Gasteiger partial charge is 0.478 e. The van der Waals surface area contributed by atoms with Gasteiger partial charge >= 0.3 is 11.9 Å². The standard InChI is InChI=1S/C10H11NO3.C8H9NO2/c1-11(7-12)9-6-4-3-5-8(9)10(13)14-2;1-9-7-5-3-2-4-6(7)8(10)11/h3-7H,1-2H3;2-5,9H,1H3,(H,10,11). The smallest absolute Gasteiger partial charge is 0.339 e. The number of esters is 1. The van der Waals surface area contributed by atoms with Crippen molar-refractivity contribution in [2.24, 2.45) is 0 Å². The summed E-state index contributed by atoms with van der Waals surface area (Å²) in [5, 5.41) is 11.5. The minimum absolute atomic E-state index is 0.301. The second-order valence-corrected chi connectivity index (χ2v) is 4.83. The van der Waals surface area contributed by atoms with E-state index in [1.54, 1.807) is 62.6 Å². The van der Waals surface area contributed by atoms with Crippen LogP contribution in [0.5, 0.6) is 0 Å². The summed E-state index contributed by atoms with van der Waals surface area (Å²) in [4.78, 5) is 33.7. The summed E-state index contributed by atoms with van der Waals surface area (Å²) in [6.07, 6.45) is 0.641. The van der Waals surface area contributed by atoms with Crippen LogP contribution in [-0.4, -0.2) is 44.7 Å². The molecule has 7 nitrogen and oxygen atoms in total. The normalized spacial score (nSPS) is 9.24. The molecule has 2 N–H and O–H groups in total. The van der Waals surface area contributed by atoms with E-state index in [9.17, 15) is 14.4 Å². The zero-order valence-electron chi connectivity index (χ0n) is 14.2. The number of hydrogen-bond donors (Lipinski definition) is 2. The zero-order chi connectivity index (χ0) is 18.8. The Bertz CT molecular complexity index is 746. The van der Waals surface area contributed by atoms with E-state index in [1.807, 2.05) is 0 Å². The Morgan fingerprint density at radius 1 is 1.08 bits per heavy atom. The molecule has 1 amide bonds. The van der Waals surface area contributed by atoms with E-state index in [-0.39, 0.29) is 0 Å². The SMILES string of the molecule is CNc1ccccc1C(=O)O.COC(=O)c1ccccc1N(C)C=O. The molecule has 132 valence electrons. The molecule has 2 aromatic rings. The molecule has 0 bridgehead atoms. The average Bonchev–Trinajstić information content (AvgIpc) is 2.67. The van der Waals surface area contributed by atoms with Crippen LogP contribution in [0.15, 0.2) is 48.5 Å². The number of para-hydroxylation sites is 2. The number of nitrogens with zero attached hydrogens (tertiary/aromatic N) is 1. The van der Waals surface area contributed by atoms with Gasteiger partial charge in [-0.2, -0.15) is 0 Å². The van der Waals surface area contributed by atoms with Crippen molar-refractivity contribution in [2.75, 3.05) is 31.4 Å². The van der Waals surface area contributed by atoms with Crippen LogP contribution in [0.2, 0.25) is 0 Å². The van der Waals surface area contributed by atoms with E-state index in [4.69, 9.17) is 5.11 Å². The number of rotatable bonds is 5. The van der Waals surface area contributed by atoms with E-state index >= 15 is 0 Å². The first-order chi connectivity index (χ1) is 12.0. The summed E-state index contributed by atoms with van der Waals surface area (Å²) < 4.78 is 4.59. The molecular weight excluding hydrogens is 324 g/mol. The summed E-state index contributed by atoms with van der Waals surface area (Å²) in [7, 11) is 4.58. The van der Waals surface area contributed by atoms with Crippen molar-refractivity contribution in [3.63, 3.8) is 0 Å². The molecule has 0 aromatic heterocycles. The quantitative estimate of drug-likeness (QED) is 0.639. The monoisotopic (exact) mass is 344 g/mol. The summed E-state index contributed by atoms with van der Waals surface area (Å²) in [6.45, 7) is 0. The van der Waals surface area contributed by atoms with Crippen molar-refractivity contribution in [1.82, 2.24) is 0 Å². The van der Waals surface area contributed by atoms with Crippen molar-refractivity contribution >= 4 is 29.7 Å². The van der Waals surface area contributed by atoms with Gasteiger partial charge in [0.1, 0.15) is 0 Å². The first-order valence-corrected chi connectivity index (χ1v) is 7.31. The Kier molecular flexibility index (Phi) is 7.65. The molecule has 0 aliphatic carbocycles. The maximum atomic E-state index is 11.3. The molecule has 0 saturated heterocycles. The lowest BCUT2D eigenvalue weighted by atomic mass is 10.1. The number of aromatic carboxylic acids is 1. The summed E-state index contributed by atoms with van der Waals surface area (Å²) in [5.74, 6) is -1.36. The van der Waals surface area contributed by atoms with Gasteiger partial charge in [-0.15, -0.1) is 0 Å². The van der Waals surface area contributed by atoms with Gasteiger partial charge in [-0.1, -0.05) is 24.3 Å². The van der Waals surface area contributed by atoms with E-state index in [0.29, 0.717) is 28.9 Å². The summed E-state index contributed by atoms with van der Waals surface area (Å²) in [5.41, 5.74) is 1.86. The van der Waals surface area contributed by atoms with Crippen LogP contribution in [0.25, 0.3) is 0 Å². The zero-order valence-corrected chi connectivity index (χ0v) is 14.2. The van der Waals surface area contributed by atoms with E-state index < -0.39 is 11.9 Å². The van der Waals surface area contributed by atoms with Gasteiger partial charge in [-0.05, 0) is 24.3 Å². The van der Waals surface area contributed by atoms with E-state index in [0.717, 1.165) is 0 Å². The van der Waals surface area contributed by atoms with E-state index in [2.05, 4.69) is 10.1 Å². The molecule has 0 unspecified atom stereocenters. The number of carboxylic acids is 1. The lowest BCUT2D eigenvalue weighted by Gasteiger charge is -2.13. The molecule has 2 aromatic carbocycles. The number of carbonyl (C=O) groups is 3. The Morgan fingerprint density at radius 2 is 1.64 bits per heavy atom. The maximum Gasteiger partial charge on any atom is 0.339 e. The second-order valence-electron chi connectivity index (χ2n) is 4.83. The number of amides is 1. The predicted molar refractivity (Wildman–Crippen MR) is 95.2 cm³/mol. The van der Waals surface area contributed by atoms with Gasteiger partial charge in [-0.25, -0.2) is 9.59 Å². The predicted octanol–water partition coefficient (Wildman–Crippen LogP) is 2.49. The van der Waals surface area contributed by atoms with Crippen LogP contribution in [0.3, 0.4) is 0 Å². The topological polar surface area (TPSA) is 95.9 Å². The Balaban J connectivity index is 0.000000257. The molecule has 0 atom stereocenters. The third-order valence-electron chi connectivity index (χ3n) is 3.27. The molecule has 0 aliphatic heterocycles. The minimum Gasteiger partial charge on any atom is -0.478 e. The molecule has 2 rings (SSSR count). The third-order valence-corrected chi connectivity index (χ3v) is 3.27. The van der Waals surface area contributed by atoms with Gasteiger partial charge in [0.05, 0.1) is 23.9 Å². The first kappa shape index (κ1) is 19.7. The molecule has 0 aliphatic rings. The molecular formula is C18H20N2O5. The van der Waals surface area contributed by atoms with Crippen LogP contribution < -0.4 is 10.2 Å². The first-order valence-electron chi connectivity index (χ1n) is 7.31. The van der Waals surface area contributed by atoms with Crippen LogP contribution in [0, 0.1) is 0 Å². The molecule has 7 heteroatoms. The van der Waals surface area contributed by atoms with Crippen molar-refractivity contribution in [1.29, 1.82) is 0 Å². The summed E-state index contributed by atoms with van der Waals surface area (Å²) in [6, 6.07) is 13.5. The highest BCUT2D eigenvalue weighted by Crippen LogP contribution is 2.18. The minimum atomic E-state index is -0.907. The number of ether oxygens (including phenoxy) is 1. The molecule has 0 fully saturated rings. The number of benzene rings is 2. The fourth-order valence-corrected chi connectivity index (χ4v) is 2.01. The second kappa shape index (κ2) is 9.71. The number of carbonyl (C=O) groups excluding carboxylic acids is 2. The van der Waals surface area contributed by atoms with Gasteiger partial charge in [0, 0.05) is 19.8 Å². The van der Waals surface area contributed by atoms with Gasteiger partial charge < -0.3 is 20.1 Å². The molecule has 0 spiro atoms. The lowest BCUT2D eigenvalue weighted by molar-refractivity contribution is -0.107.